The average molecular weight is 253 g/mol. The van der Waals surface area contributed by atoms with E-state index < -0.39 is 0 Å². The van der Waals surface area contributed by atoms with Crippen molar-refractivity contribution in [2.75, 3.05) is 0 Å². The molecule has 0 aliphatic carbocycles. The number of unbranched alkanes of at least 4 members (excludes halogenated alkanes) is 2. The lowest BCUT2D eigenvalue weighted by molar-refractivity contribution is 0.452. The van der Waals surface area contributed by atoms with E-state index in [1.807, 2.05) is 0 Å². The Balaban J connectivity index is 2.61. The zero-order valence-electron chi connectivity index (χ0n) is 11.2. The van der Waals surface area contributed by atoms with Crippen molar-refractivity contribution in [3.8, 4) is 0 Å². The van der Waals surface area contributed by atoms with Crippen LogP contribution in [0, 0.1) is 0 Å². The number of benzene rings is 1. The molecule has 17 heavy (non-hydrogen) atoms. The van der Waals surface area contributed by atoms with Gasteiger partial charge in [-0.25, -0.2) is 0 Å². The van der Waals surface area contributed by atoms with E-state index >= 15 is 0 Å². The van der Waals surface area contributed by atoms with E-state index in [-0.39, 0.29) is 4.87 Å². The van der Waals surface area contributed by atoms with Crippen molar-refractivity contribution < 1.29 is 0 Å². The van der Waals surface area contributed by atoms with Crippen molar-refractivity contribution in [3.05, 3.63) is 35.9 Å². The molecular weight excluding hydrogens is 228 g/mol. The van der Waals surface area contributed by atoms with Crippen LogP contribution in [0.15, 0.2) is 30.3 Å². The van der Waals surface area contributed by atoms with Crippen molar-refractivity contribution >= 4 is 11.6 Å². The zero-order valence-corrected chi connectivity index (χ0v) is 12.0. The van der Waals surface area contributed by atoms with Crippen LogP contribution in [0.2, 0.25) is 0 Å². The highest BCUT2D eigenvalue weighted by atomic mass is 35.5. The molecule has 0 nitrogen and oxygen atoms in total. The van der Waals surface area contributed by atoms with Gasteiger partial charge in [0.1, 0.15) is 0 Å². The molecule has 0 fully saturated rings. The maximum Gasteiger partial charge on any atom is 0.0487 e. The largest absolute Gasteiger partial charge is 0.119 e. The minimum absolute atomic E-state index is 0.0205. The van der Waals surface area contributed by atoms with Crippen molar-refractivity contribution in [3.63, 3.8) is 0 Å². The highest BCUT2D eigenvalue weighted by Crippen LogP contribution is 2.32. The normalized spacial score (nSPS) is 11.7. The minimum Gasteiger partial charge on any atom is -0.119 e. The van der Waals surface area contributed by atoms with Crippen LogP contribution in [0.3, 0.4) is 0 Å². The summed E-state index contributed by atoms with van der Waals surface area (Å²) in [6.45, 7) is 4.47. The van der Waals surface area contributed by atoms with Crippen LogP contribution in [0.5, 0.6) is 0 Å². The molecule has 0 aliphatic rings. The van der Waals surface area contributed by atoms with Gasteiger partial charge in [0.25, 0.3) is 0 Å². The second-order valence-corrected chi connectivity index (χ2v) is 5.82. The maximum absolute atomic E-state index is 6.83. The van der Waals surface area contributed by atoms with Gasteiger partial charge in [-0.3, -0.25) is 0 Å². The third-order valence-corrected chi connectivity index (χ3v) is 3.83. The zero-order chi connectivity index (χ0) is 12.6. The van der Waals surface area contributed by atoms with Gasteiger partial charge in [0.15, 0.2) is 0 Å². The molecule has 1 rings (SSSR count). The smallest absolute Gasteiger partial charge is 0.0487 e. The Bertz CT molecular complexity index is 284. The topological polar surface area (TPSA) is 0 Å². The number of alkyl halides is 1. The summed E-state index contributed by atoms with van der Waals surface area (Å²) in [5, 5.41) is 0. The summed E-state index contributed by atoms with van der Waals surface area (Å²) in [6.07, 6.45) is 8.22. The number of hydrogen-bond donors (Lipinski definition) is 0. The van der Waals surface area contributed by atoms with Gasteiger partial charge in [-0.1, -0.05) is 69.9 Å². The van der Waals surface area contributed by atoms with Gasteiger partial charge in [0.2, 0.25) is 0 Å². The predicted octanol–water partition coefficient (Wildman–Crippen LogP) is 5.59. The second kappa shape index (κ2) is 7.76. The minimum atomic E-state index is -0.0205. The lowest BCUT2D eigenvalue weighted by Gasteiger charge is -2.27. The van der Waals surface area contributed by atoms with Gasteiger partial charge >= 0.3 is 0 Å². The van der Waals surface area contributed by atoms with Gasteiger partial charge < -0.3 is 0 Å². The van der Waals surface area contributed by atoms with Crippen molar-refractivity contribution in [1.29, 1.82) is 0 Å². The lowest BCUT2D eigenvalue weighted by Crippen LogP contribution is -2.24. The predicted molar refractivity (Wildman–Crippen MR) is 77.8 cm³/mol. The molecule has 0 N–H and O–H groups in total. The van der Waals surface area contributed by atoms with Crippen molar-refractivity contribution in [2.24, 2.45) is 0 Å². The van der Waals surface area contributed by atoms with E-state index in [0.29, 0.717) is 0 Å². The summed E-state index contributed by atoms with van der Waals surface area (Å²) in [5.74, 6) is 0. The molecule has 0 saturated heterocycles. The van der Waals surface area contributed by atoms with E-state index in [9.17, 15) is 0 Å². The summed E-state index contributed by atoms with van der Waals surface area (Å²) >= 11 is 6.83. The van der Waals surface area contributed by atoms with Crippen LogP contribution >= 0.6 is 11.6 Å². The summed E-state index contributed by atoms with van der Waals surface area (Å²) in [4.78, 5) is -0.0205. The monoisotopic (exact) mass is 252 g/mol. The first-order valence-corrected chi connectivity index (χ1v) is 7.31. The van der Waals surface area contributed by atoms with Crippen LogP contribution in [-0.4, -0.2) is 4.87 Å². The third kappa shape index (κ3) is 5.59. The summed E-state index contributed by atoms with van der Waals surface area (Å²) < 4.78 is 0. The van der Waals surface area contributed by atoms with E-state index in [1.54, 1.807) is 0 Å². The Morgan fingerprint density at radius 3 is 1.94 bits per heavy atom. The van der Waals surface area contributed by atoms with Gasteiger partial charge in [0.05, 0.1) is 0 Å². The van der Waals surface area contributed by atoms with Crippen LogP contribution in [0.25, 0.3) is 0 Å². The van der Waals surface area contributed by atoms with Gasteiger partial charge in [-0.05, 0) is 24.8 Å². The molecule has 0 spiro atoms. The van der Waals surface area contributed by atoms with Crippen LogP contribution in [0.1, 0.15) is 57.9 Å². The molecule has 1 aromatic rings. The molecule has 0 saturated carbocycles. The Hall–Kier alpha value is -0.490. The molecule has 1 aromatic carbocycles. The SMILES string of the molecule is CCCCC(Cl)(CCCC)Cc1ccccc1. The summed E-state index contributed by atoms with van der Waals surface area (Å²) in [6, 6.07) is 10.7. The van der Waals surface area contributed by atoms with E-state index in [4.69, 9.17) is 11.6 Å². The molecule has 0 radical (unpaired) electrons. The standard InChI is InChI=1S/C16H25Cl/c1-3-5-12-16(17,13-6-4-2)14-15-10-8-7-9-11-15/h7-11H,3-6,12-14H2,1-2H3. The molecule has 0 heterocycles. The maximum atomic E-state index is 6.83. The Morgan fingerprint density at radius 1 is 0.941 bits per heavy atom. The molecule has 0 aliphatic heterocycles. The molecule has 96 valence electrons. The molecule has 0 aromatic heterocycles. The Kier molecular flexibility index (Phi) is 6.65. The molecule has 0 amide bonds. The Morgan fingerprint density at radius 2 is 1.47 bits per heavy atom. The average Bonchev–Trinajstić information content (AvgIpc) is 2.35. The van der Waals surface area contributed by atoms with Crippen molar-refractivity contribution in [2.45, 2.75) is 63.7 Å². The number of halogens is 1. The first-order valence-electron chi connectivity index (χ1n) is 6.93. The fourth-order valence-corrected chi connectivity index (χ4v) is 2.67. The van der Waals surface area contributed by atoms with Crippen molar-refractivity contribution in [1.82, 2.24) is 0 Å². The van der Waals surface area contributed by atoms with E-state index in [1.165, 1.54) is 31.2 Å². The van der Waals surface area contributed by atoms with Gasteiger partial charge in [0, 0.05) is 4.87 Å². The lowest BCUT2D eigenvalue weighted by atomic mass is 9.89. The quantitative estimate of drug-likeness (QED) is 0.529. The molecule has 0 unspecified atom stereocenters. The fraction of sp³-hybridized carbons (Fsp3) is 0.625. The second-order valence-electron chi connectivity index (χ2n) is 5.02. The highest BCUT2D eigenvalue weighted by Gasteiger charge is 2.26. The van der Waals surface area contributed by atoms with Crippen LogP contribution < -0.4 is 0 Å². The highest BCUT2D eigenvalue weighted by molar-refractivity contribution is 6.24. The first kappa shape index (κ1) is 14.6. The van der Waals surface area contributed by atoms with Gasteiger partial charge in [-0.15, -0.1) is 11.6 Å². The molecule has 1 heteroatoms. The third-order valence-electron chi connectivity index (χ3n) is 3.32. The fourth-order valence-electron chi connectivity index (χ4n) is 2.25. The summed E-state index contributed by atoms with van der Waals surface area (Å²) in [7, 11) is 0. The van der Waals surface area contributed by atoms with E-state index in [2.05, 4.69) is 44.2 Å². The van der Waals surface area contributed by atoms with E-state index in [0.717, 1.165) is 19.3 Å². The molecular formula is C16H25Cl. The van der Waals surface area contributed by atoms with Crippen LogP contribution in [-0.2, 0) is 6.42 Å². The number of hydrogen-bond acceptors (Lipinski definition) is 0. The van der Waals surface area contributed by atoms with Crippen LogP contribution in [0.4, 0.5) is 0 Å². The first-order chi connectivity index (χ1) is 8.20. The Labute approximate surface area is 111 Å². The summed E-state index contributed by atoms with van der Waals surface area (Å²) in [5.41, 5.74) is 1.37. The molecule has 0 bridgehead atoms. The number of rotatable bonds is 8. The molecule has 0 atom stereocenters. The van der Waals surface area contributed by atoms with Gasteiger partial charge in [-0.2, -0.15) is 0 Å².